The van der Waals surface area contributed by atoms with Crippen LogP contribution in [-0.2, 0) is 16.0 Å². The minimum Gasteiger partial charge on any atom is -0.507 e. The van der Waals surface area contributed by atoms with Gasteiger partial charge in [-0.2, -0.15) is 0 Å². The van der Waals surface area contributed by atoms with Gasteiger partial charge in [-0.05, 0) is 111 Å². The Labute approximate surface area is 329 Å². The Morgan fingerprint density at radius 2 is 1.72 bits per heavy atom. The maximum absolute atomic E-state index is 12.8. The van der Waals surface area contributed by atoms with Crippen LogP contribution in [-0.4, -0.2) is 103 Å². The van der Waals surface area contributed by atoms with E-state index in [0.29, 0.717) is 30.0 Å². The van der Waals surface area contributed by atoms with Crippen LogP contribution >= 0.6 is 0 Å². The summed E-state index contributed by atoms with van der Waals surface area (Å²) in [5.74, 6) is 1.73. The zero-order valence-electron chi connectivity index (χ0n) is 31.7. The molecule has 10 rings (SSSR count). The van der Waals surface area contributed by atoms with E-state index in [9.17, 15) is 14.7 Å². The Morgan fingerprint density at radius 1 is 0.860 bits per heavy atom. The molecule has 1 unspecified atom stereocenters. The number of hydrogen-bond acceptors (Lipinski definition) is 12. The molecule has 4 aliphatic heterocycles. The summed E-state index contributed by atoms with van der Waals surface area (Å²) < 4.78 is 2.01. The molecule has 0 bridgehead atoms. The van der Waals surface area contributed by atoms with Crippen LogP contribution in [0.5, 0.6) is 5.75 Å². The van der Waals surface area contributed by atoms with E-state index in [4.69, 9.17) is 9.97 Å². The Hall–Kier alpha value is -6.15. The fourth-order valence-electron chi connectivity index (χ4n) is 9.32. The maximum atomic E-state index is 12.8. The molecule has 3 N–H and O–H groups in total. The molecule has 3 fully saturated rings. The van der Waals surface area contributed by atoms with Crippen molar-refractivity contribution in [3.8, 4) is 17.0 Å². The summed E-state index contributed by atoms with van der Waals surface area (Å²) in [5, 5.41) is 27.3. The standard InChI is InChI=1S/C43H45N11O3/c55-38-8-2-1-6-32(38)34-22-37-40(50-49-34)45-25-30-26-52(19-20-53(30)37)43-46-23-29(24-47-43)28-13-17-51(18-14-28)16-4-5-27-9-10-35-33(21-27)31-7-3-15-44-41(31)54(35)36-11-12-39(56)48-42(36)57/h1-3,6-10,15,21-24,28,30,36,55H,4-5,11-14,16-20,25-26H2,(H,45,50)(H,48,56,57)/t30-,36?/m1/s1. The van der Waals surface area contributed by atoms with Gasteiger partial charge in [-0.1, -0.05) is 18.2 Å². The number of phenolic OH excluding ortho intramolecular Hbond substituents is 1. The van der Waals surface area contributed by atoms with Gasteiger partial charge in [-0.25, -0.2) is 15.0 Å². The molecule has 57 heavy (non-hydrogen) atoms. The number of fused-ring (bicyclic) bond motifs is 6. The molecule has 8 heterocycles. The van der Waals surface area contributed by atoms with Gasteiger partial charge < -0.3 is 29.7 Å². The second-order valence-electron chi connectivity index (χ2n) is 15.8. The number of nitrogens with zero attached hydrogens (tertiary/aromatic N) is 9. The smallest absolute Gasteiger partial charge is 0.249 e. The number of benzene rings is 2. The van der Waals surface area contributed by atoms with Crippen molar-refractivity contribution < 1.29 is 14.7 Å². The molecule has 2 atom stereocenters. The molecule has 2 aromatic carbocycles. The SMILES string of the molecule is O=C1CCC(n2c3ccc(CCCN4CCC(c5cnc(N6CCN7c8cc(-c9ccccc9O)nnc8NC[C@@H]7C6)nc5)CC4)cc3c3cccnc32)C(=O)N1. The number of aryl methyl sites for hydroxylation is 1. The van der Waals surface area contributed by atoms with Gasteiger partial charge in [0, 0.05) is 67.5 Å². The molecule has 2 amide bonds. The second kappa shape index (κ2) is 14.7. The summed E-state index contributed by atoms with van der Waals surface area (Å²) in [5.41, 5.74) is 6.60. The van der Waals surface area contributed by atoms with Gasteiger partial charge in [-0.3, -0.25) is 14.9 Å². The molecular formula is C43H45N11O3. The third kappa shape index (κ3) is 6.67. The first kappa shape index (κ1) is 35.3. The van der Waals surface area contributed by atoms with Crippen molar-refractivity contribution >= 4 is 51.2 Å². The van der Waals surface area contributed by atoms with E-state index in [1.54, 1.807) is 18.3 Å². The van der Waals surface area contributed by atoms with Crippen LogP contribution < -0.4 is 20.4 Å². The minimum absolute atomic E-state index is 0.194. The van der Waals surface area contributed by atoms with Crippen molar-refractivity contribution in [2.24, 2.45) is 0 Å². The average Bonchev–Trinajstić information content (AvgIpc) is 3.57. The number of amides is 2. The van der Waals surface area contributed by atoms with Crippen LogP contribution in [0.25, 0.3) is 33.2 Å². The number of nitrogens with one attached hydrogen (secondary N) is 2. The number of carbonyl (C=O) groups is 2. The maximum Gasteiger partial charge on any atom is 0.249 e. The van der Waals surface area contributed by atoms with Crippen LogP contribution in [0.1, 0.15) is 55.2 Å². The third-order valence-corrected chi connectivity index (χ3v) is 12.3. The molecule has 4 aliphatic rings. The number of piperidine rings is 2. The highest BCUT2D eigenvalue weighted by Crippen LogP contribution is 2.37. The summed E-state index contributed by atoms with van der Waals surface area (Å²) in [6.45, 7) is 6.35. The fourth-order valence-corrected chi connectivity index (χ4v) is 9.32. The monoisotopic (exact) mass is 763 g/mol. The Kier molecular flexibility index (Phi) is 9.12. The molecule has 0 spiro atoms. The van der Waals surface area contributed by atoms with E-state index in [1.807, 2.05) is 41.2 Å². The van der Waals surface area contributed by atoms with Crippen molar-refractivity contribution in [2.75, 3.05) is 60.9 Å². The number of imide groups is 1. The van der Waals surface area contributed by atoms with Crippen molar-refractivity contribution in [1.29, 1.82) is 0 Å². The molecule has 6 aromatic rings. The minimum atomic E-state index is -0.449. The van der Waals surface area contributed by atoms with Gasteiger partial charge in [0.2, 0.25) is 17.8 Å². The molecule has 3 saturated heterocycles. The van der Waals surface area contributed by atoms with E-state index in [-0.39, 0.29) is 23.6 Å². The van der Waals surface area contributed by atoms with E-state index in [1.165, 1.54) is 11.1 Å². The molecule has 14 nitrogen and oxygen atoms in total. The normalized spacial score (nSPS) is 20.4. The Bertz CT molecular complexity index is 2480. The lowest BCUT2D eigenvalue weighted by Gasteiger charge is -2.45. The number of piperazine rings is 1. The zero-order valence-corrected chi connectivity index (χ0v) is 31.7. The summed E-state index contributed by atoms with van der Waals surface area (Å²) in [6.07, 6.45) is 10.9. The van der Waals surface area contributed by atoms with Crippen molar-refractivity contribution in [3.63, 3.8) is 0 Å². The van der Waals surface area contributed by atoms with Crippen LogP contribution in [0.4, 0.5) is 17.5 Å². The number of rotatable bonds is 8. The number of phenols is 1. The Morgan fingerprint density at radius 3 is 2.56 bits per heavy atom. The van der Waals surface area contributed by atoms with Crippen LogP contribution in [0.2, 0.25) is 0 Å². The van der Waals surface area contributed by atoms with Gasteiger partial charge in [0.15, 0.2) is 5.82 Å². The predicted octanol–water partition coefficient (Wildman–Crippen LogP) is 5.05. The number of carbonyl (C=O) groups excluding carboxylic acids is 2. The topological polar surface area (TPSA) is 158 Å². The number of aromatic nitrogens is 6. The lowest BCUT2D eigenvalue weighted by atomic mass is 9.91. The number of aromatic hydroxyl groups is 1. The summed E-state index contributed by atoms with van der Waals surface area (Å²) in [6, 6.07) is 19.6. The van der Waals surface area contributed by atoms with Gasteiger partial charge in [0.25, 0.3) is 0 Å². The third-order valence-electron chi connectivity index (χ3n) is 12.3. The van der Waals surface area contributed by atoms with Gasteiger partial charge >= 0.3 is 0 Å². The number of anilines is 3. The van der Waals surface area contributed by atoms with Gasteiger partial charge in [0.1, 0.15) is 17.4 Å². The first-order valence-electron chi connectivity index (χ1n) is 20.1. The van der Waals surface area contributed by atoms with Crippen LogP contribution in [0, 0.1) is 0 Å². The molecule has 4 aromatic heterocycles. The highest BCUT2D eigenvalue weighted by molar-refractivity contribution is 6.09. The molecule has 14 heteroatoms. The second-order valence-corrected chi connectivity index (χ2v) is 15.8. The van der Waals surface area contributed by atoms with Crippen molar-refractivity contribution in [2.45, 2.75) is 56.5 Å². The highest BCUT2D eigenvalue weighted by atomic mass is 16.3. The average molecular weight is 764 g/mol. The van der Waals surface area contributed by atoms with Crippen molar-refractivity contribution in [1.82, 2.24) is 39.9 Å². The number of hydrogen-bond donors (Lipinski definition) is 3. The first-order chi connectivity index (χ1) is 28.0. The highest BCUT2D eigenvalue weighted by Gasteiger charge is 2.35. The number of para-hydroxylation sites is 1. The lowest BCUT2D eigenvalue weighted by Crippen LogP contribution is -2.58. The number of likely N-dealkylation sites (tertiary alicyclic amines) is 1. The van der Waals surface area contributed by atoms with E-state index >= 15 is 0 Å². The summed E-state index contributed by atoms with van der Waals surface area (Å²) in [4.78, 5) is 46.3. The van der Waals surface area contributed by atoms with E-state index in [2.05, 4.69) is 64.8 Å². The molecule has 0 radical (unpaired) electrons. The summed E-state index contributed by atoms with van der Waals surface area (Å²) in [7, 11) is 0. The van der Waals surface area contributed by atoms with Crippen LogP contribution in [0.3, 0.4) is 0 Å². The molecule has 0 saturated carbocycles. The quantitative estimate of drug-likeness (QED) is 0.178. The van der Waals surface area contributed by atoms with Gasteiger partial charge in [0.05, 0.1) is 22.9 Å². The molecule has 290 valence electrons. The first-order valence-corrected chi connectivity index (χ1v) is 20.1. The molecular weight excluding hydrogens is 719 g/mol. The van der Waals surface area contributed by atoms with E-state index in [0.717, 1.165) is 111 Å². The Balaban J connectivity index is 0.728. The predicted molar refractivity (Wildman–Crippen MR) is 218 cm³/mol. The lowest BCUT2D eigenvalue weighted by molar-refractivity contribution is -0.135. The zero-order chi connectivity index (χ0) is 38.5. The summed E-state index contributed by atoms with van der Waals surface area (Å²) >= 11 is 0. The van der Waals surface area contributed by atoms with Gasteiger partial charge in [-0.15, -0.1) is 10.2 Å². The van der Waals surface area contributed by atoms with Crippen LogP contribution in [0.15, 0.2) is 79.3 Å². The molecule has 0 aliphatic carbocycles. The largest absolute Gasteiger partial charge is 0.507 e. The van der Waals surface area contributed by atoms with E-state index < -0.39 is 6.04 Å². The number of pyridine rings is 1. The fraction of sp³-hybridized carbons (Fsp3) is 0.372. The van der Waals surface area contributed by atoms with Crippen molar-refractivity contribution in [3.05, 3.63) is 90.4 Å².